The van der Waals surface area contributed by atoms with Crippen molar-refractivity contribution in [2.24, 2.45) is 28.6 Å². The van der Waals surface area contributed by atoms with Gasteiger partial charge in [0, 0.05) is 0 Å². The number of hydrogen-bond acceptors (Lipinski definition) is 7. The molecule has 0 saturated carbocycles. The van der Waals surface area contributed by atoms with Gasteiger partial charge in [0.2, 0.25) is 0 Å². The summed E-state index contributed by atoms with van der Waals surface area (Å²) in [4.78, 5) is 12.0. The molecule has 6 N–H and O–H groups in total. The van der Waals surface area contributed by atoms with Crippen molar-refractivity contribution in [3.05, 3.63) is 11.6 Å². The number of allylic oxidation sites excluding steroid dienone is 2. The zero-order chi connectivity index (χ0) is 29.9. The topological polar surface area (TPSA) is 148 Å². The summed E-state index contributed by atoms with van der Waals surface area (Å²) in [5.74, 6) is 0.913. The van der Waals surface area contributed by atoms with E-state index in [4.69, 9.17) is 4.74 Å². The third-order valence-corrected chi connectivity index (χ3v) is 8.19. The predicted molar refractivity (Wildman–Crippen MR) is 155 cm³/mol. The summed E-state index contributed by atoms with van der Waals surface area (Å²) in [5.41, 5.74) is -2.06. The Balaban J connectivity index is 4.51. The molecule has 0 amide bonds. The van der Waals surface area contributed by atoms with Crippen LogP contribution in [-0.4, -0.2) is 82.4 Å². The van der Waals surface area contributed by atoms with Gasteiger partial charge in [-0.3, -0.25) is 4.79 Å². The fourth-order valence-electron chi connectivity index (χ4n) is 4.83. The molecule has 0 radical (unpaired) electrons. The molecule has 0 fully saturated rings. The number of carboxylic acids is 1. The molecule has 0 spiro atoms. The predicted octanol–water partition coefficient (Wildman–Crippen LogP) is 4.56. The highest BCUT2D eigenvalue weighted by Gasteiger charge is 2.46. The first-order valence-corrected chi connectivity index (χ1v) is 15.0. The minimum absolute atomic E-state index is 0.143. The Morgan fingerprint density at radius 3 is 1.74 bits per heavy atom. The SMILES string of the molecule is CC(=CCCC(O)C(CO)(COCC(CO)(CO)CO)C(=O)O)CCCC(C)CCCC(C)CCCC(C)C. The smallest absolute Gasteiger partial charge is 0.317 e. The maximum Gasteiger partial charge on any atom is 0.317 e. The first-order chi connectivity index (χ1) is 18.4. The van der Waals surface area contributed by atoms with Crippen LogP contribution in [0.5, 0.6) is 0 Å². The number of aliphatic carboxylic acids is 1. The first kappa shape index (κ1) is 38.0. The van der Waals surface area contributed by atoms with E-state index in [-0.39, 0.29) is 13.0 Å². The summed E-state index contributed by atoms with van der Waals surface area (Å²) in [7, 11) is 0. The van der Waals surface area contributed by atoms with Gasteiger partial charge in [0.25, 0.3) is 0 Å². The molecule has 0 rings (SSSR count). The Bertz CT molecular complexity index is 653. The highest BCUT2D eigenvalue weighted by molar-refractivity contribution is 5.75. The van der Waals surface area contributed by atoms with Crippen LogP contribution < -0.4 is 0 Å². The van der Waals surface area contributed by atoms with Gasteiger partial charge in [-0.2, -0.15) is 0 Å². The van der Waals surface area contributed by atoms with E-state index < -0.39 is 55.9 Å². The average molecular weight is 561 g/mol. The van der Waals surface area contributed by atoms with Crippen LogP contribution in [0.3, 0.4) is 0 Å². The van der Waals surface area contributed by atoms with Crippen molar-refractivity contribution in [3.63, 3.8) is 0 Å². The highest BCUT2D eigenvalue weighted by atomic mass is 16.5. The number of carbonyl (C=O) groups is 1. The Kier molecular flexibility index (Phi) is 20.2. The molecule has 0 aliphatic carbocycles. The fourth-order valence-corrected chi connectivity index (χ4v) is 4.83. The fraction of sp³-hybridized carbons (Fsp3) is 0.903. The van der Waals surface area contributed by atoms with Crippen molar-refractivity contribution in [2.75, 3.05) is 39.6 Å². The van der Waals surface area contributed by atoms with Crippen molar-refractivity contribution < 1.29 is 40.2 Å². The average Bonchev–Trinajstić information content (AvgIpc) is 2.89. The van der Waals surface area contributed by atoms with Crippen LogP contribution in [0, 0.1) is 28.6 Å². The van der Waals surface area contributed by atoms with Crippen LogP contribution >= 0.6 is 0 Å². The standard InChI is InChI=1S/C31H60O8/c1-24(2)10-6-11-25(3)12-7-13-26(4)14-8-15-27(5)16-9-17-28(36)31(21-35,29(37)38)23-39-22-30(18-32,19-33)20-34/h16,24-26,28,32-36H,6-15,17-23H2,1-5H3,(H,37,38). The largest absolute Gasteiger partial charge is 0.481 e. The van der Waals surface area contributed by atoms with Gasteiger partial charge in [-0.05, 0) is 50.4 Å². The zero-order valence-corrected chi connectivity index (χ0v) is 25.4. The Hall–Kier alpha value is -1.03. The number of ether oxygens (including phenoxy) is 1. The molecule has 0 heterocycles. The second-order valence-corrected chi connectivity index (χ2v) is 12.6. The van der Waals surface area contributed by atoms with Crippen LogP contribution in [0.25, 0.3) is 0 Å². The number of aliphatic hydroxyl groups is 5. The van der Waals surface area contributed by atoms with E-state index in [1.54, 1.807) is 0 Å². The summed E-state index contributed by atoms with van der Waals surface area (Å²) < 4.78 is 5.38. The quantitative estimate of drug-likeness (QED) is 0.0891. The lowest BCUT2D eigenvalue weighted by molar-refractivity contribution is -0.172. The van der Waals surface area contributed by atoms with E-state index in [9.17, 15) is 35.4 Å². The van der Waals surface area contributed by atoms with Gasteiger partial charge in [-0.15, -0.1) is 0 Å². The monoisotopic (exact) mass is 560 g/mol. The summed E-state index contributed by atoms with van der Waals surface area (Å²) in [6.07, 6.45) is 12.4. The van der Waals surface area contributed by atoms with Crippen LogP contribution in [0.15, 0.2) is 11.6 Å². The number of hydrogen-bond donors (Lipinski definition) is 6. The molecule has 0 aromatic heterocycles. The third kappa shape index (κ3) is 15.0. The van der Waals surface area contributed by atoms with Crippen LogP contribution in [-0.2, 0) is 9.53 Å². The molecule has 0 saturated heterocycles. The Morgan fingerprint density at radius 1 is 0.769 bits per heavy atom. The van der Waals surface area contributed by atoms with Crippen molar-refractivity contribution in [3.8, 4) is 0 Å². The number of aliphatic hydroxyl groups excluding tert-OH is 5. The van der Waals surface area contributed by atoms with Gasteiger partial charge in [0.1, 0.15) is 5.41 Å². The zero-order valence-electron chi connectivity index (χ0n) is 25.4. The van der Waals surface area contributed by atoms with E-state index in [0.717, 1.165) is 24.7 Å². The normalized spacial score (nSPS) is 16.7. The van der Waals surface area contributed by atoms with Gasteiger partial charge in [0.15, 0.2) is 0 Å². The third-order valence-electron chi connectivity index (χ3n) is 8.19. The molecular formula is C31H60O8. The van der Waals surface area contributed by atoms with Crippen molar-refractivity contribution in [1.82, 2.24) is 0 Å². The minimum atomic E-state index is -1.94. The molecule has 0 bridgehead atoms. The lowest BCUT2D eigenvalue weighted by Crippen LogP contribution is -2.50. The van der Waals surface area contributed by atoms with E-state index in [1.807, 2.05) is 13.0 Å². The highest BCUT2D eigenvalue weighted by Crippen LogP contribution is 2.28. The van der Waals surface area contributed by atoms with Crippen LogP contribution in [0.1, 0.15) is 105 Å². The Labute approximate surface area is 237 Å². The molecular weight excluding hydrogens is 500 g/mol. The molecule has 4 unspecified atom stereocenters. The van der Waals surface area contributed by atoms with E-state index in [0.29, 0.717) is 12.3 Å². The molecule has 39 heavy (non-hydrogen) atoms. The van der Waals surface area contributed by atoms with Crippen molar-refractivity contribution in [2.45, 2.75) is 111 Å². The molecule has 0 aliphatic heterocycles. The number of carboxylic acid groups (broad SMARTS) is 1. The maximum absolute atomic E-state index is 12.0. The lowest BCUT2D eigenvalue weighted by atomic mass is 9.81. The Morgan fingerprint density at radius 2 is 1.28 bits per heavy atom. The molecule has 8 nitrogen and oxygen atoms in total. The summed E-state index contributed by atoms with van der Waals surface area (Å²) in [6.45, 7) is 8.01. The molecule has 232 valence electrons. The van der Waals surface area contributed by atoms with Gasteiger partial charge < -0.3 is 35.4 Å². The number of rotatable bonds is 25. The van der Waals surface area contributed by atoms with E-state index >= 15 is 0 Å². The van der Waals surface area contributed by atoms with Crippen LogP contribution in [0.4, 0.5) is 0 Å². The van der Waals surface area contributed by atoms with Crippen molar-refractivity contribution in [1.29, 1.82) is 0 Å². The van der Waals surface area contributed by atoms with E-state index in [1.165, 1.54) is 50.5 Å². The van der Waals surface area contributed by atoms with Crippen molar-refractivity contribution >= 4 is 5.97 Å². The molecule has 0 aliphatic rings. The second-order valence-electron chi connectivity index (χ2n) is 12.6. The van der Waals surface area contributed by atoms with Gasteiger partial charge in [-0.1, -0.05) is 84.3 Å². The summed E-state index contributed by atoms with van der Waals surface area (Å²) >= 11 is 0. The second kappa shape index (κ2) is 20.8. The van der Waals surface area contributed by atoms with Gasteiger partial charge >= 0.3 is 5.97 Å². The molecule has 4 atom stereocenters. The van der Waals surface area contributed by atoms with Gasteiger partial charge in [0.05, 0.1) is 51.2 Å². The molecule has 8 heteroatoms. The lowest BCUT2D eigenvalue weighted by Gasteiger charge is -2.34. The summed E-state index contributed by atoms with van der Waals surface area (Å²) in [6, 6.07) is 0. The first-order valence-electron chi connectivity index (χ1n) is 15.0. The molecule has 0 aromatic carbocycles. The summed E-state index contributed by atoms with van der Waals surface area (Å²) in [5, 5.41) is 58.6. The van der Waals surface area contributed by atoms with E-state index in [2.05, 4.69) is 27.7 Å². The van der Waals surface area contributed by atoms with Crippen LogP contribution in [0.2, 0.25) is 0 Å². The molecule has 0 aromatic rings. The maximum atomic E-state index is 12.0. The van der Waals surface area contributed by atoms with Gasteiger partial charge in [-0.25, -0.2) is 0 Å². The minimum Gasteiger partial charge on any atom is -0.481 e.